The third-order valence-corrected chi connectivity index (χ3v) is 0.888. The average Bonchev–Trinajstić information content (AvgIpc) is 1.96. The predicted octanol–water partition coefficient (Wildman–Crippen LogP) is -0.853. The molecule has 6 nitrogen and oxygen atoms in total. The molecule has 0 spiro atoms. The van der Waals surface area contributed by atoms with E-state index in [2.05, 4.69) is 28.6 Å². The smallest absolute Gasteiger partial charge is 0.489 e. The lowest BCUT2D eigenvalue weighted by atomic mass is 10.7. The molecule has 0 saturated carbocycles. The second-order valence-corrected chi connectivity index (χ2v) is 5.70. The lowest BCUT2D eigenvalue weighted by Gasteiger charge is -1.93. The van der Waals surface area contributed by atoms with E-state index in [9.17, 15) is 14.3 Å². The Morgan fingerprint density at radius 1 is 1.57 bits per heavy atom. The van der Waals surface area contributed by atoms with E-state index in [0.29, 0.717) is 10.9 Å². The summed E-state index contributed by atoms with van der Waals surface area (Å²) >= 11 is 0. The molecule has 14 heavy (non-hydrogen) atoms. The van der Waals surface area contributed by atoms with Crippen LogP contribution >= 0.6 is 8.25 Å². The van der Waals surface area contributed by atoms with Crippen molar-refractivity contribution in [3.8, 4) is 0 Å². The van der Waals surface area contributed by atoms with Crippen LogP contribution in [0.25, 0.3) is 0 Å². The minimum Gasteiger partial charge on any atom is -0.566 e. The molecule has 0 bridgehead atoms. The molecule has 8 heteroatoms. The van der Waals surface area contributed by atoms with Gasteiger partial charge in [-0.15, -0.1) is 4.52 Å². The van der Waals surface area contributed by atoms with Gasteiger partial charge in [-0.25, -0.2) is 0 Å². The molecule has 0 aromatic rings. The van der Waals surface area contributed by atoms with E-state index < -0.39 is 14.2 Å². The van der Waals surface area contributed by atoms with Gasteiger partial charge in [0.05, 0.1) is 25.3 Å². The zero-order chi connectivity index (χ0) is 11.6. The zero-order valence-electron chi connectivity index (χ0n) is 8.35. The van der Waals surface area contributed by atoms with Crippen molar-refractivity contribution in [2.45, 2.75) is 0 Å². The molecule has 0 heterocycles. The maximum atomic E-state index is 9.77. The molecule has 0 aliphatic rings. The number of hydrogen-bond donors (Lipinski definition) is 2. The zero-order valence-corrected chi connectivity index (χ0v) is 10.1. The maximum absolute atomic E-state index is 9.77. The Bertz CT molecular complexity index is 159. The summed E-state index contributed by atoms with van der Waals surface area (Å²) in [7, 11) is -2.25. The van der Waals surface area contributed by atoms with Crippen molar-refractivity contribution in [3.05, 3.63) is 0 Å². The summed E-state index contributed by atoms with van der Waals surface area (Å²) in [6, 6.07) is 0. The molecule has 1 unspecified atom stereocenters. The summed E-state index contributed by atoms with van der Waals surface area (Å²) in [4.78, 5) is 19.4. The number of carboxylic acids is 1. The van der Waals surface area contributed by atoms with Gasteiger partial charge in [0.2, 0.25) is 0 Å². The van der Waals surface area contributed by atoms with E-state index in [1.807, 2.05) is 0 Å². The fourth-order valence-electron chi connectivity index (χ4n) is 0.256. The van der Waals surface area contributed by atoms with Gasteiger partial charge in [-0.3, -0.25) is 10.1 Å². The summed E-state index contributed by atoms with van der Waals surface area (Å²) in [5.41, 5.74) is 0. The Morgan fingerprint density at radius 2 is 2.00 bits per heavy atom. The largest absolute Gasteiger partial charge is 0.566 e. The van der Waals surface area contributed by atoms with Crippen LogP contribution in [0.1, 0.15) is 0 Å². The molecule has 0 saturated heterocycles. The number of hydrogen-bond acceptors (Lipinski definition) is 5. The summed E-state index contributed by atoms with van der Waals surface area (Å²) < 4.78 is 13.6. The van der Waals surface area contributed by atoms with Crippen LogP contribution in [0, 0.1) is 0 Å². The van der Waals surface area contributed by atoms with Gasteiger partial charge in [-0.2, -0.15) is 0 Å². The first kappa shape index (κ1) is 16.2. The second-order valence-electron chi connectivity index (χ2n) is 2.54. The Kier molecular flexibility index (Phi) is 12.6. The third kappa shape index (κ3) is 29.8. The van der Waals surface area contributed by atoms with Gasteiger partial charge in [0.1, 0.15) is 0 Å². The Balaban J connectivity index is 0. The van der Waals surface area contributed by atoms with Crippen LogP contribution in [0.2, 0.25) is 0 Å². The topological polar surface area (TPSA) is 98.7 Å². The molecule has 0 aliphatic carbocycles. The van der Waals surface area contributed by atoms with Crippen molar-refractivity contribution < 1.29 is 23.9 Å². The number of nitrogens with one attached hydrogen (secondary N) is 1. The molecule has 1 atom stereocenters. The van der Waals surface area contributed by atoms with Gasteiger partial charge < -0.3 is 10.00 Å². The Hall–Kier alpha value is -0.200. The molecule has 0 radical (unpaired) electrons. The second kappa shape index (κ2) is 10.9. The summed E-state index contributed by atoms with van der Waals surface area (Å²) in [5.74, 6) is -1.07. The molecule has 0 fully saturated rings. The normalized spacial score (nSPS) is 10.5. The summed E-state index contributed by atoms with van der Waals surface area (Å²) in [6.45, 7) is -0.617. The third-order valence-electron chi connectivity index (χ3n) is 0.548. The first-order chi connectivity index (χ1) is 6.36. The van der Waals surface area contributed by atoms with Crippen molar-refractivity contribution in [3.63, 3.8) is 0 Å². The number of rotatable bonds is 5. The molecule has 2 N–H and O–H groups in total. The van der Waals surface area contributed by atoms with Crippen LogP contribution in [0.15, 0.2) is 0 Å². The fourth-order valence-corrected chi connectivity index (χ4v) is 0.453. The summed E-state index contributed by atoms with van der Waals surface area (Å²) in [6.07, 6.45) is 6.58. The molecule has 0 rings (SSSR count). The lowest BCUT2D eigenvalue weighted by molar-refractivity contribution is -0.186. The molecule has 84 valence electrons. The first-order valence-electron chi connectivity index (χ1n) is 3.55. The lowest BCUT2D eigenvalue weighted by Crippen LogP contribution is -2.24. The van der Waals surface area contributed by atoms with Gasteiger partial charge in [0.25, 0.3) is 0 Å². The quantitative estimate of drug-likeness (QED) is 0.283. The van der Waals surface area contributed by atoms with Gasteiger partial charge >= 0.3 is 14.2 Å². The number of carboxylic acid groups (broad SMARTS) is 1. The molecule has 0 aliphatic heterocycles. The van der Waals surface area contributed by atoms with Gasteiger partial charge in [-0.1, -0.05) is 0 Å². The van der Waals surface area contributed by atoms with E-state index in [4.69, 9.17) is 5.11 Å². The predicted molar refractivity (Wildman–Crippen MR) is 54.3 cm³/mol. The van der Waals surface area contributed by atoms with Crippen LogP contribution in [0.5, 0.6) is 0 Å². The number of carbonyl (C=O) groups is 1. The highest BCUT2D eigenvalue weighted by molar-refractivity contribution is 7.94. The first-order valence-corrected chi connectivity index (χ1v) is 7.09. The van der Waals surface area contributed by atoms with E-state index >= 15 is 0 Å². The molecular weight excluding hydrogens is 229 g/mol. The SMILES string of the molecule is C[S+](C)C.O=C(O)CNCO[P+](=O)[O-]. The molecule has 0 aromatic carbocycles. The van der Waals surface area contributed by atoms with Gasteiger partial charge in [-0.05, 0) is 15.5 Å². The summed E-state index contributed by atoms with van der Waals surface area (Å²) in [5, 5.41) is 10.2. The van der Waals surface area contributed by atoms with E-state index in [-0.39, 0.29) is 13.3 Å². The van der Waals surface area contributed by atoms with Crippen molar-refractivity contribution in [2.75, 3.05) is 32.0 Å². The van der Waals surface area contributed by atoms with Gasteiger partial charge in [0.15, 0.2) is 6.73 Å². The average molecular weight is 244 g/mol. The van der Waals surface area contributed by atoms with Crippen molar-refractivity contribution in [2.24, 2.45) is 0 Å². The van der Waals surface area contributed by atoms with E-state index in [1.165, 1.54) is 0 Å². The van der Waals surface area contributed by atoms with E-state index in [0.717, 1.165) is 0 Å². The van der Waals surface area contributed by atoms with Crippen LogP contribution in [0.3, 0.4) is 0 Å². The maximum Gasteiger partial charge on any atom is 0.489 e. The van der Waals surface area contributed by atoms with Crippen LogP contribution in [-0.2, 0) is 24.8 Å². The minimum absolute atomic E-state index is 0.301. The monoisotopic (exact) mass is 244 g/mol. The Morgan fingerprint density at radius 3 is 2.29 bits per heavy atom. The van der Waals surface area contributed by atoms with Gasteiger partial charge in [0, 0.05) is 0 Å². The number of aliphatic carboxylic acids is 1. The van der Waals surface area contributed by atoms with Crippen LogP contribution < -0.4 is 10.2 Å². The molecular formula is C6H15NO5PS+. The van der Waals surface area contributed by atoms with Crippen molar-refractivity contribution in [1.82, 2.24) is 5.32 Å². The molecule has 0 amide bonds. The highest BCUT2D eigenvalue weighted by Gasteiger charge is 2.00. The molecule has 0 aromatic heterocycles. The fraction of sp³-hybridized carbons (Fsp3) is 0.833. The van der Waals surface area contributed by atoms with Crippen molar-refractivity contribution >= 4 is 25.1 Å². The van der Waals surface area contributed by atoms with Crippen LogP contribution in [0.4, 0.5) is 0 Å². The van der Waals surface area contributed by atoms with E-state index in [1.54, 1.807) is 0 Å². The Labute approximate surface area is 87.0 Å². The standard InChI is InChI=1S/C3H6NO5P.C3H9S/c5-3(6)1-4-2-9-10(7)8;1-4(2)3/h4H,1-2H2,(H,5,6);1-3H3/q;+1. The van der Waals surface area contributed by atoms with Crippen molar-refractivity contribution in [1.29, 1.82) is 0 Å². The minimum atomic E-state index is -2.89. The highest BCUT2D eigenvalue weighted by Crippen LogP contribution is 2.05. The van der Waals surface area contributed by atoms with Crippen LogP contribution in [-0.4, -0.2) is 43.1 Å². The highest BCUT2D eigenvalue weighted by atomic mass is 32.2.